The molecule has 2 atom stereocenters. The van der Waals surface area contributed by atoms with Gasteiger partial charge in [-0.1, -0.05) is 12.8 Å². The Morgan fingerprint density at radius 1 is 1.23 bits per heavy atom. The van der Waals surface area contributed by atoms with Crippen LogP contribution >= 0.6 is 11.3 Å². The van der Waals surface area contributed by atoms with Crippen LogP contribution in [0.5, 0.6) is 0 Å². The predicted octanol–water partition coefficient (Wildman–Crippen LogP) is 1.27. The average molecular weight is 506 g/mol. The lowest BCUT2D eigenvalue weighted by Crippen LogP contribution is -2.49. The van der Waals surface area contributed by atoms with Crippen molar-refractivity contribution < 1.29 is 14.4 Å². The number of aromatic nitrogens is 1. The summed E-state index contributed by atoms with van der Waals surface area (Å²) < 4.78 is 0. The molecule has 1 unspecified atom stereocenters. The molecule has 3 rings (SSSR count). The van der Waals surface area contributed by atoms with Crippen LogP contribution in [0.25, 0.3) is 0 Å². The number of nitrogens with zero attached hydrogens (tertiary/aromatic N) is 3. The van der Waals surface area contributed by atoms with Gasteiger partial charge < -0.3 is 27.0 Å². The highest BCUT2D eigenvalue weighted by molar-refractivity contribution is 7.11. The maximum Gasteiger partial charge on any atom is 0.240 e. The molecule has 2 fully saturated rings. The number of nitrogens with two attached hydrogens (primary N) is 2. The summed E-state index contributed by atoms with van der Waals surface area (Å²) in [5.41, 5.74) is 10.7. The van der Waals surface area contributed by atoms with Gasteiger partial charge in [-0.15, -0.1) is 11.3 Å². The summed E-state index contributed by atoms with van der Waals surface area (Å²) in [4.78, 5) is 48.5. The Morgan fingerprint density at radius 2 is 2.03 bits per heavy atom. The molecule has 1 aromatic heterocycles. The smallest absolute Gasteiger partial charge is 0.240 e. The number of piperidine rings is 2. The first-order chi connectivity index (χ1) is 16.9. The van der Waals surface area contributed by atoms with Gasteiger partial charge in [-0.25, -0.2) is 4.98 Å². The van der Waals surface area contributed by atoms with E-state index in [2.05, 4.69) is 20.6 Å². The number of ketones is 1. The van der Waals surface area contributed by atoms with E-state index in [9.17, 15) is 14.4 Å². The zero-order chi connectivity index (χ0) is 25.0. The van der Waals surface area contributed by atoms with Crippen molar-refractivity contribution in [2.24, 2.45) is 28.3 Å². The van der Waals surface area contributed by atoms with Crippen LogP contribution in [0.2, 0.25) is 0 Å². The van der Waals surface area contributed by atoms with Gasteiger partial charge >= 0.3 is 0 Å². The van der Waals surface area contributed by atoms with Crippen LogP contribution in [0.4, 0.5) is 0 Å². The van der Waals surface area contributed by atoms with E-state index in [0.717, 1.165) is 44.7 Å². The molecule has 35 heavy (non-hydrogen) atoms. The topological polar surface area (TPSA) is 156 Å². The number of likely N-dealkylation sites (tertiary alicyclic amines) is 1. The molecule has 1 aromatic rings. The van der Waals surface area contributed by atoms with Gasteiger partial charge in [0.1, 0.15) is 0 Å². The summed E-state index contributed by atoms with van der Waals surface area (Å²) in [5, 5.41) is 8.30. The summed E-state index contributed by atoms with van der Waals surface area (Å²) in [6.45, 7) is 3.10. The van der Waals surface area contributed by atoms with Gasteiger partial charge in [0.05, 0.1) is 12.6 Å². The van der Waals surface area contributed by atoms with Gasteiger partial charge in [0, 0.05) is 30.6 Å². The molecule has 2 aliphatic heterocycles. The highest BCUT2D eigenvalue weighted by atomic mass is 32.1. The van der Waals surface area contributed by atoms with Crippen molar-refractivity contribution in [3.63, 3.8) is 0 Å². The monoisotopic (exact) mass is 505 g/mol. The number of nitrogens with one attached hydrogen (secondary N) is 2. The molecule has 10 nitrogen and oxygen atoms in total. The molecule has 0 bridgehead atoms. The number of carbonyl (C=O) groups excluding carboxylic acids is 3. The highest BCUT2D eigenvalue weighted by Crippen LogP contribution is 2.26. The molecular formula is C24H39N7O3S. The van der Waals surface area contributed by atoms with Crippen LogP contribution < -0.4 is 22.1 Å². The standard InChI is InChI=1S/C24H39N7O3S/c25-24(26)29-10-2-7-19(21(33)22-28-13-15-35-22)30-20(32)16-31-14-3-6-18(23(31)34)5-1-4-17-8-11-27-12-9-17/h13,15,17-19,27H,1-12,14,16H2,(H,30,32)(H4,25,26,29)/t18?,19-/m0/s1. The Kier molecular flexibility index (Phi) is 10.9. The van der Waals surface area contributed by atoms with E-state index in [1.807, 2.05) is 0 Å². The first-order valence-electron chi connectivity index (χ1n) is 12.7. The Hall–Kier alpha value is -2.53. The zero-order valence-electron chi connectivity index (χ0n) is 20.4. The lowest BCUT2D eigenvalue weighted by atomic mass is 9.87. The molecule has 2 aliphatic rings. The molecule has 6 N–H and O–H groups in total. The normalized spacial score (nSPS) is 19.8. The number of thiazole rings is 1. The number of Topliss-reactive ketones (excluding diaryl/α,β-unsaturated/α-hetero) is 1. The molecule has 2 amide bonds. The second-order valence-corrected chi connectivity index (χ2v) is 10.4. The highest BCUT2D eigenvalue weighted by Gasteiger charge is 2.31. The summed E-state index contributed by atoms with van der Waals surface area (Å²) >= 11 is 1.24. The maximum atomic E-state index is 13.0. The van der Waals surface area contributed by atoms with Crippen molar-refractivity contribution in [3.05, 3.63) is 16.6 Å². The maximum absolute atomic E-state index is 13.0. The lowest BCUT2D eigenvalue weighted by molar-refractivity contribution is -0.142. The van der Waals surface area contributed by atoms with E-state index in [0.29, 0.717) is 30.9 Å². The first kappa shape index (κ1) is 27.1. The number of aliphatic imine (C=N–C) groups is 1. The minimum atomic E-state index is -0.733. The second-order valence-electron chi connectivity index (χ2n) is 9.49. The molecule has 2 saturated heterocycles. The predicted molar refractivity (Wildman–Crippen MR) is 137 cm³/mol. The lowest BCUT2D eigenvalue weighted by Gasteiger charge is -2.32. The first-order valence-corrected chi connectivity index (χ1v) is 13.6. The van der Waals surface area contributed by atoms with Crippen LogP contribution in [0.15, 0.2) is 16.6 Å². The van der Waals surface area contributed by atoms with Crippen LogP contribution in [0.3, 0.4) is 0 Å². The molecule has 0 saturated carbocycles. The molecule has 0 radical (unpaired) electrons. The number of carbonyl (C=O) groups is 3. The Balaban J connectivity index is 1.49. The van der Waals surface area contributed by atoms with E-state index in [4.69, 9.17) is 11.5 Å². The quantitative estimate of drug-likeness (QED) is 0.136. The van der Waals surface area contributed by atoms with Crippen LogP contribution in [0, 0.1) is 11.8 Å². The van der Waals surface area contributed by atoms with E-state index in [1.54, 1.807) is 16.5 Å². The number of hydrogen-bond donors (Lipinski definition) is 4. The minimum Gasteiger partial charge on any atom is -0.370 e. The number of rotatable bonds is 13. The minimum absolute atomic E-state index is 0.00856. The van der Waals surface area contributed by atoms with Crippen molar-refractivity contribution in [1.29, 1.82) is 0 Å². The summed E-state index contributed by atoms with van der Waals surface area (Å²) in [5.74, 6) is 0.240. The van der Waals surface area contributed by atoms with E-state index >= 15 is 0 Å². The fourth-order valence-electron chi connectivity index (χ4n) is 4.95. The molecular weight excluding hydrogens is 466 g/mol. The van der Waals surface area contributed by atoms with Gasteiger partial charge in [-0.3, -0.25) is 19.4 Å². The third kappa shape index (κ3) is 8.88. The molecule has 3 heterocycles. The van der Waals surface area contributed by atoms with E-state index in [1.165, 1.54) is 30.6 Å². The van der Waals surface area contributed by atoms with Crippen LogP contribution in [0.1, 0.15) is 67.6 Å². The van der Waals surface area contributed by atoms with E-state index < -0.39 is 6.04 Å². The van der Waals surface area contributed by atoms with Crippen molar-refractivity contribution in [1.82, 2.24) is 20.5 Å². The summed E-state index contributed by atoms with van der Waals surface area (Å²) in [6.07, 6.45) is 9.82. The van der Waals surface area contributed by atoms with Crippen LogP contribution in [-0.2, 0) is 9.59 Å². The van der Waals surface area contributed by atoms with Gasteiger partial charge in [-0.2, -0.15) is 0 Å². The third-order valence-corrected chi connectivity index (χ3v) is 7.63. The van der Waals surface area contributed by atoms with Crippen molar-refractivity contribution in [2.45, 2.75) is 63.8 Å². The number of guanidine groups is 1. The summed E-state index contributed by atoms with van der Waals surface area (Å²) in [7, 11) is 0. The SMILES string of the molecule is NC(N)=NCCC[C@H](NC(=O)CN1CCCC(CCCC2CCNCC2)C1=O)C(=O)c1nccs1. The summed E-state index contributed by atoms with van der Waals surface area (Å²) in [6, 6.07) is -0.733. The Labute approximate surface area is 211 Å². The van der Waals surface area contributed by atoms with Gasteiger partial charge in [-0.05, 0) is 64.0 Å². The molecule has 0 aliphatic carbocycles. The molecule has 0 spiro atoms. The molecule has 0 aromatic carbocycles. The second kappa shape index (κ2) is 14.1. The Bertz CT molecular complexity index is 851. The largest absolute Gasteiger partial charge is 0.370 e. The van der Waals surface area contributed by atoms with Crippen LogP contribution in [-0.4, -0.2) is 72.2 Å². The van der Waals surface area contributed by atoms with Gasteiger partial charge in [0.2, 0.25) is 17.6 Å². The van der Waals surface area contributed by atoms with Gasteiger partial charge in [0.25, 0.3) is 0 Å². The average Bonchev–Trinajstić information content (AvgIpc) is 3.38. The fraction of sp³-hybridized carbons (Fsp3) is 0.708. The van der Waals surface area contributed by atoms with Crippen molar-refractivity contribution >= 4 is 34.9 Å². The van der Waals surface area contributed by atoms with Gasteiger partial charge in [0.15, 0.2) is 11.0 Å². The van der Waals surface area contributed by atoms with Crippen molar-refractivity contribution in [2.75, 3.05) is 32.7 Å². The molecule has 11 heteroatoms. The third-order valence-electron chi connectivity index (χ3n) is 6.84. The number of hydrogen-bond acceptors (Lipinski definition) is 7. The fourth-order valence-corrected chi connectivity index (χ4v) is 5.58. The zero-order valence-corrected chi connectivity index (χ0v) is 21.2. The molecule has 194 valence electrons. The van der Waals surface area contributed by atoms with E-state index in [-0.39, 0.29) is 36.0 Å². The number of amides is 2. The Morgan fingerprint density at radius 3 is 2.74 bits per heavy atom. The van der Waals surface area contributed by atoms with Crippen molar-refractivity contribution in [3.8, 4) is 0 Å².